The first-order chi connectivity index (χ1) is 10.4. The fraction of sp³-hybridized carbons (Fsp3) is 0.526. The molecule has 0 atom stereocenters. The average molecular weight is 314 g/mol. The molecule has 1 aliphatic rings. The molecule has 1 heterocycles. The standard InChI is InChI=1S/C19H27BO3/c1-17(2,3)13-15(16(21)14-11-9-8-10-12-14)20-22-18(4,5)19(6,7)23-20/h8-13H,1-7H3/b15-13-. The Balaban J connectivity index is 2.42. The van der Waals surface area contributed by atoms with Crippen LogP contribution < -0.4 is 0 Å². The molecule has 1 aliphatic heterocycles. The highest BCUT2D eigenvalue weighted by molar-refractivity contribution is 6.63. The molecule has 1 saturated heterocycles. The molecule has 2 rings (SSSR count). The lowest BCUT2D eigenvalue weighted by Gasteiger charge is -2.32. The van der Waals surface area contributed by atoms with Crippen LogP contribution in [-0.2, 0) is 9.31 Å². The Morgan fingerprint density at radius 1 is 1.00 bits per heavy atom. The zero-order chi connectivity index (χ0) is 17.5. The van der Waals surface area contributed by atoms with Gasteiger partial charge in [-0.05, 0) is 33.1 Å². The van der Waals surface area contributed by atoms with Crippen molar-refractivity contribution in [2.45, 2.75) is 59.7 Å². The smallest absolute Gasteiger partial charge is 0.399 e. The fourth-order valence-electron chi connectivity index (χ4n) is 2.43. The number of hydrogen-bond acceptors (Lipinski definition) is 3. The second-order valence-corrected chi connectivity index (χ2v) is 8.25. The molecule has 1 fully saturated rings. The van der Waals surface area contributed by atoms with Crippen molar-refractivity contribution < 1.29 is 14.1 Å². The Hall–Kier alpha value is -1.39. The summed E-state index contributed by atoms with van der Waals surface area (Å²) in [6, 6.07) is 9.28. The average Bonchev–Trinajstić information content (AvgIpc) is 2.64. The third-order valence-corrected chi connectivity index (χ3v) is 4.39. The second kappa shape index (κ2) is 5.92. The predicted octanol–water partition coefficient (Wildman–Crippen LogP) is 4.47. The zero-order valence-corrected chi connectivity index (χ0v) is 15.3. The summed E-state index contributed by atoms with van der Waals surface area (Å²) in [7, 11) is -0.646. The van der Waals surface area contributed by atoms with Crippen molar-refractivity contribution in [3.63, 3.8) is 0 Å². The van der Waals surface area contributed by atoms with E-state index in [0.29, 0.717) is 11.0 Å². The summed E-state index contributed by atoms with van der Waals surface area (Å²) < 4.78 is 12.2. The third kappa shape index (κ3) is 3.93. The normalized spacial score (nSPS) is 20.7. The van der Waals surface area contributed by atoms with E-state index in [1.807, 2.05) is 64.1 Å². The van der Waals surface area contributed by atoms with Gasteiger partial charge >= 0.3 is 7.12 Å². The van der Waals surface area contributed by atoms with E-state index in [-0.39, 0.29) is 11.2 Å². The van der Waals surface area contributed by atoms with Crippen molar-refractivity contribution in [1.29, 1.82) is 0 Å². The Kier molecular flexibility index (Phi) is 4.62. The summed E-state index contributed by atoms with van der Waals surface area (Å²) in [4.78, 5) is 13.0. The first-order valence-corrected chi connectivity index (χ1v) is 8.11. The molecule has 0 amide bonds. The maximum Gasteiger partial charge on any atom is 0.498 e. The van der Waals surface area contributed by atoms with Crippen molar-refractivity contribution >= 4 is 12.9 Å². The highest BCUT2D eigenvalue weighted by Crippen LogP contribution is 2.39. The van der Waals surface area contributed by atoms with E-state index in [2.05, 4.69) is 20.8 Å². The van der Waals surface area contributed by atoms with E-state index < -0.39 is 18.3 Å². The van der Waals surface area contributed by atoms with Crippen LogP contribution in [0.1, 0.15) is 58.8 Å². The monoisotopic (exact) mass is 314 g/mol. The number of rotatable bonds is 3. The molecular weight excluding hydrogens is 287 g/mol. The largest absolute Gasteiger partial charge is 0.498 e. The van der Waals surface area contributed by atoms with Crippen molar-refractivity contribution in [2.24, 2.45) is 5.41 Å². The predicted molar refractivity (Wildman–Crippen MR) is 94.4 cm³/mol. The maximum atomic E-state index is 13.0. The fourth-order valence-corrected chi connectivity index (χ4v) is 2.43. The van der Waals surface area contributed by atoms with Crippen molar-refractivity contribution in [3.8, 4) is 0 Å². The molecule has 124 valence electrons. The lowest BCUT2D eigenvalue weighted by molar-refractivity contribution is 0.00578. The Morgan fingerprint density at radius 2 is 1.48 bits per heavy atom. The van der Waals surface area contributed by atoms with Crippen LogP contribution in [-0.4, -0.2) is 24.1 Å². The van der Waals surface area contributed by atoms with Gasteiger partial charge in [0.05, 0.1) is 11.2 Å². The highest BCUT2D eigenvalue weighted by atomic mass is 16.7. The summed E-state index contributed by atoms with van der Waals surface area (Å²) in [6.07, 6.45) is 1.96. The van der Waals surface area contributed by atoms with Gasteiger partial charge in [-0.15, -0.1) is 0 Å². The van der Waals surface area contributed by atoms with E-state index >= 15 is 0 Å². The van der Waals surface area contributed by atoms with Gasteiger partial charge < -0.3 is 9.31 Å². The van der Waals surface area contributed by atoms with Gasteiger partial charge in [0.25, 0.3) is 0 Å². The van der Waals surface area contributed by atoms with Crippen LogP contribution in [0.15, 0.2) is 41.9 Å². The van der Waals surface area contributed by atoms with Crippen LogP contribution in [0, 0.1) is 5.41 Å². The molecule has 1 aromatic rings. The van der Waals surface area contributed by atoms with Crippen molar-refractivity contribution in [1.82, 2.24) is 0 Å². The summed E-state index contributed by atoms with van der Waals surface area (Å²) in [6.45, 7) is 14.2. The molecule has 0 spiro atoms. The minimum absolute atomic E-state index is 0.0426. The van der Waals surface area contributed by atoms with E-state index in [4.69, 9.17) is 9.31 Å². The molecule has 0 bridgehead atoms. The van der Waals surface area contributed by atoms with Crippen LogP contribution >= 0.6 is 0 Å². The molecule has 0 unspecified atom stereocenters. The molecule has 0 saturated carbocycles. The number of ketones is 1. The molecule has 0 aliphatic carbocycles. The van der Waals surface area contributed by atoms with Crippen LogP contribution in [0.2, 0.25) is 0 Å². The van der Waals surface area contributed by atoms with E-state index in [1.165, 1.54) is 0 Å². The van der Waals surface area contributed by atoms with Crippen LogP contribution in [0.25, 0.3) is 0 Å². The number of Topliss-reactive ketones (excluding diaryl/α,β-unsaturated/α-hetero) is 1. The van der Waals surface area contributed by atoms with Crippen LogP contribution in [0.3, 0.4) is 0 Å². The molecule has 23 heavy (non-hydrogen) atoms. The number of hydrogen-bond donors (Lipinski definition) is 0. The third-order valence-electron chi connectivity index (χ3n) is 4.39. The van der Waals surface area contributed by atoms with Gasteiger partial charge in [0.1, 0.15) is 0 Å². The highest BCUT2D eigenvalue weighted by Gasteiger charge is 2.53. The minimum Gasteiger partial charge on any atom is -0.399 e. The minimum atomic E-state index is -0.646. The quantitative estimate of drug-likeness (QED) is 0.469. The Bertz CT molecular complexity index is 593. The zero-order valence-electron chi connectivity index (χ0n) is 15.3. The Labute approximate surface area is 140 Å². The van der Waals surface area contributed by atoms with Crippen molar-refractivity contribution in [3.05, 3.63) is 47.4 Å². The Morgan fingerprint density at radius 3 is 1.91 bits per heavy atom. The molecule has 4 heteroatoms. The van der Waals surface area contributed by atoms with Gasteiger partial charge in [0, 0.05) is 11.0 Å². The van der Waals surface area contributed by atoms with Gasteiger partial charge in [-0.2, -0.15) is 0 Å². The van der Waals surface area contributed by atoms with E-state index in [0.717, 1.165) is 0 Å². The second-order valence-electron chi connectivity index (χ2n) is 8.25. The van der Waals surface area contributed by atoms with E-state index in [1.54, 1.807) is 0 Å². The lowest BCUT2D eigenvalue weighted by Crippen LogP contribution is -2.41. The molecule has 1 aromatic carbocycles. The molecular formula is C19H27BO3. The van der Waals surface area contributed by atoms with Crippen LogP contribution in [0.5, 0.6) is 0 Å². The number of allylic oxidation sites excluding steroid dienone is 2. The van der Waals surface area contributed by atoms with Gasteiger partial charge in [0.15, 0.2) is 5.78 Å². The summed E-state index contributed by atoms with van der Waals surface area (Å²) in [5, 5.41) is 0. The lowest BCUT2D eigenvalue weighted by atomic mass is 9.71. The maximum absolute atomic E-state index is 13.0. The van der Waals surface area contributed by atoms with Crippen molar-refractivity contribution in [2.75, 3.05) is 0 Å². The number of carbonyl (C=O) groups excluding carboxylic acids is 1. The molecule has 0 N–H and O–H groups in total. The topological polar surface area (TPSA) is 35.5 Å². The molecule has 0 radical (unpaired) electrons. The summed E-state index contributed by atoms with van der Waals surface area (Å²) in [5.74, 6) is -0.0426. The van der Waals surface area contributed by atoms with Gasteiger partial charge in [-0.3, -0.25) is 4.79 Å². The summed E-state index contributed by atoms with van der Waals surface area (Å²) >= 11 is 0. The number of benzene rings is 1. The number of carbonyl (C=O) groups is 1. The first-order valence-electron chi connectivity index (χ1n) is 8.11. The summed E-state index contributed by atoms with van der Waals surface area (Å²) in [5.41, 5.74) is 0.140. The SMILES string of the molecule is CC(C)(C)/C=C(\B1OC(C)(C)C(C)(C)O1)C(=O)c1ccccc1. The van der Waals surface area contributed by atoms with Crippen LogP contribution in [0.4, 0.5) is 0 Å². The molecule has 3 nitrogen and oxygen atoms in total. The van der Waals surface area contributed by atoms with Gasteiger partial charge in [-0.25, -0.2) is 0 Å². The first kappa shape index (κ1) is 18.0. The molecule has 0 aromatic heterocycles. The van der Waals surface area contributed by atoms with Gasteiger partial charge in [-0.1, -0.05) is 57.2 Å². The van der Waals surface area contributed by atoms with E-state index in [9.17, 15) is 4.79 Å². The van der Waals surface area contributed by atoms with Gasteiger partial charge in [0.2, 0.25) is 0 Å².